The summed E-state index contributed by atoms with van der Waals surface area (Å²) in [6, 6.07) is 10.8. The fourth-order valence-corrected chi connectivity index (χ4v) is 2.18. The maximum Gasteiger partial charge on any atom is 0.256 e. The van der Waals surface area contributed by atoms with E-state index in [1.54, 1.807) is 24.4 Å². The number of nitrogens with zero attached hydrogens (tertiary/aromatic N) is 1. The molecule has 1 heterocycles. The van der Waals surface area contributed by atoms with Gasteiger partial charge in [0.2, 0.25) is 0 Å². The van der Waals surface area contributed by atoms with Crippen molar-refractivity contribution in [2.24, 2.45) is 0 Å². The molecular weight excluding hydrogens is 334 g/mol. The van der Waals surface area contributed by atoms with Gasteiger partial charge in [-0.05, 0) is 46.6 Å². The van der Waals surface area contributed by atoms with Crippen molar-refractivity contribution >= 4 is 33.3 Å². The molecule has 3 N–H and O–H groups in total. The van der Waals surface area contributed by atoms with E-state index in [0.717, 1.165) is 4.47 Å². The first-order valence-electron chi connectivity index (χ1n) is 6.57. The molecule has 0 aliphatic rings. The van der Waals surface area contributed by atoms with Crippen LogP contribution in [0.3, 0.4) is 0 Å². The van der Waals surface area contributed by atoms with Crippen LogP contribution in [-0.2, 0) is 0 Å². The molecule has 0 radical (unpaired) electrons. The van der Waals surface area contributed by atoms with E-state index in [1.165, 1.54) is 0 Å². The predicted octanol–water partition coefficient (Wildman–Crippen LogP) is 2.89. The molecule has 0 unspecified atom stereocenters. The highest BCUT2D eigenvalue weighted by Gasteiger charge is 2.09. The van der Waals surface area contributed by atoms with Crippen LogP contribution >= 0.6 is 15.9 Å². The minimum atomic E-state index is -0.190. The van der Waals surface area contributed by atoms with Crippen molar-refractivity contribution in [1.29, 1.82) is 0 Å². The second kappa shape index (κ2) is 7.75. The summed E-state index contributed by atoms with van der Waals surface area (Å²) in [7, 11) is 0. The molecule has 1 aromatic carbocycles. The summed E-state index contributed by atoms with van der Waals surface area (Å²) < 4.78 is 0.748. The van der Waals surface area contributed by atoms with Crippen molar-refractivity contribution in [3.8, 4) is 0 Å². The van der Waals surface area contributed by atoms with Gasteiger partial charge in [0.05, 0.1) is 17.4 Å². The summed E-state index contributed by atoms with van der Waals surface area (Å²) in [5.74, 6) is 0.521. The number of aromatic nitrogens is 1. The molecule has 110 valence electrons. The van der Waals surface area contributed by atoms with Crippen LogP contribution in [0.4, 0.5) is 11.5 Å². The molecule has 5 nitrogen and oxygen atoms in total. The van der Waals surface area contributed by atoms with Gasteiger partial charge < -0.3 is 15.7 Å². The van der Waals surface area contributed by atoms with Gasteiger partial charge >= 0.3 is 0 Å². The molecule has 0 spiro atoms. The largest absolute Gasteiger partial charge is 0.396 e. The Morgan fingerprint density at radius 2 is 2.05 bits per heavy atom. The van der Waals surface area contributed by atoms with Crippen LogP contribution in [0.5, 0.6) is 0 Å². The summed E-state index contributed by atoms with van der Waals surface area (Å²) >= 11 is 3.35. The zero-order chi connectivity index (χ0) is 15.1. The number of aliphatic hydroxyl groups is 1. The number of hydrogen-bond acceptors (Lipinski definition) is 4. The molecule has 1 amide bonds. The lowest BCUT2D eigenvalue weighted by Crippen LogP contribution is -2.13. The molecule has 21 heavy (non-hydrogen) atoms. The Morgan fingerprint density at radius 1 is 1.24 bits per heavy atom. The molecule has 6 heteroatoms. The zero-order valence-electron chi connectivity index (χ0n) is 11.3. The van der Waals surface area contributed by atoms with Crippen LogP contribution in [0.15, 0.2) is 47.1 Å². The van der Waals surface area contributed by atoms with Crippen molar-refractivity contribution in [3.63, 3.8) is 0 Å². The predicted molar refractivity (Wildman–Crippen MR) is 86.5 cm³/mol. The van der Waals surface area contributed by atoms with Gasteiger partial charge in [0.25, 0.3) is 5.91 Å². The van der Waals surface area contributed by atoms with E-state index in [2.05, 4.69) is 31.5 Å². The van der Waals surface area contributed by atoms with Crippen molar-refractivity contribution in [3.05, 3.63) is 52.6 Å². The van der Waals surface area contributed by atoms with Gasteiger partial charge in [-0.3, -0.25) is 4.79 Å². The van der Waals surface area contributed by atoms with Crippen LogP contribution < -0.4 is 10.6 Å². The summed E-state index contributed by atoms with van der Waals surface area (Å²) in [4.78, 5) is 16.3. The molecular formula is C15H16BrN3O2. The Bertz CT molecular complexity index is 602. The van der Waals surface area contributed by atoms with Crippen molar-refractivity contribution in [1.82, 2.24) is 4.98 Å². The molecule has 1 aromatic heterocycles. The van der Waals surface area contributed by atoms with Crippen LogP contribution in [0.2, 0.25) is 0 Å². The minimum Gasteiger partial charge on any atom is -0.396 e. The van der Waals surface area contributed by atoms with Gasteiger partial charge in [-0.1, -0.05) is 12.1 Å². The number of hydrogen-bond donors (Lipinski definition) is 3. The standard InChI is InChI=1S/C15H16BrN3O2/c16-13-5-2-1-4-12(13)15(21)19-11-6-7-14(18-10-11)17-8-3-9-20/h1-2,4-7,10,20H,3,8-9H2,(H,17,18)(H,19,21). The first-order valence-corrected chi connectivity index (χ1v) is 7.36. The average molecular weight is 350 g/mol. The third kappa shape index (κ3) is 4.54. The number of carbonyl (C=O) groups is 1. The fourth-order valence-electron chi connectivity index (χ4n) is 1.71. The normalized spacial score (nSPS) is 10.2. The average Bonchev–Trinajstić information content (AvgIpc) is 2.49. The van der Waals surface area contributed by atoms with Gasteiger partial charge in [-0.15, -0.1) is 0 Å². The SMILES string of the molecule is O=C(Nc1ccc(NCCCO)nc1)c1ccccc1Br. The lowest BCUT2D eigenvalue weighted by Gasteiger charge is -2.08. The van der Waals surface area contributed by atoms with E-state index in [0.29, 0.717) is 30.0 Å². The number of aliphatic hydroxyl groups excluding tert-OH is 1. The Hall–Kier alpha value is -1.92. The Kier molecular flexibility index (Phi) is 5.71. The number of halogens is 1. The molecule has 0 saturated heterocycles. The highest BCUT2D eigenvalue weighted by molar-refractivity contribution is 9.10. The Balaban J connectivity index is 1.97. The zero-order valence-corrected chi connectivity index (χ0v) is 12.9. The number of carbonyl (C=O) groups excluding carboxylic acids is 1. The fraction of sp³-hybridized carbons (Fsp3) is 0.200. The van der Waals surface area contributed by atoms with Crippen molar-refractivity contribution < 1.29 is 9.90 Å². The summed E-state index contributed by atoms with van der Waals surface area (Å²) in [6.45, 7) is 0.805. The summed E-state index contributed by atoms with van der Waals surface area (Å²) in [5, 5.41) is 14.6. The Labute approximate surface area is 131 Å². The van der Waals surface area contributed by atoms with Gasteiger partial charge in [0.1, 0.15) is 5.82 Å². The second-order valence-corrected chi connectivity index (χ2v) is 5.22. The van der Waals surface area contributed by atoms with Crippen LogP contribution in [0, 0.1) is 0 Å². The van der Waals surface area contributed by atoms with Gasteiger partial charge in [-0.2, -0.15) is 0 Å². The lowest BCUT2D eigenvalue weighted by molar-refractivity contribution is 0.102. The van der Waals surface area contributed by atoms with Crippen molar-refractivity contribution in [2.45, 2.75) is 6.42 Å². The van der Waals surface area contributed by atoms with E-state index in [4.69, 9.17) is 5.11 Å². The van der Waals surface area contributed by atoms with Crippen LogP contribution in [0.1, 0.15) is 16.8 Å². The van der Waals surface area contributed by atoms with Gasteiger partial charge in [0.15, 0.2) is 0 Å². The molecule has 0 atom stereocenters. The van der Waals surface area contributed by atoms with E-state index < -0.39 is 0 Å². The molecule has 2 aromatic rings. The Morgan fingerprint density at radius 3 is 2.71 bits per heavy atom. The monoisotopic (exact) mass is 349 g/mol. The van der Waals surface area contributed by atoms with Gasteiger partial charge in [0, 0.05) is 17.6 Å². The van der Waals surface area contributed by atoms with Crippen molar-refractivity contribution in [2.75, 3.05) is 23.8 Å². The quantitative estimate of drug-likeness (QED) is 0.701. The van der Waals surface area contributed by atoms with E-state index in [9.17, 15) is 4.79 Å². The van der Waals surface area contributed by atoms with Crippen LogP contribution in [-0.4, -0.2) is 29.1 Å². The first kappa shape index (κ1) is 15.5. The molecule has 2 rings (SSSR count). The number of nitrogens with one attached hydrogen (secondary N) is 2. The molecule has 0 bridgehead atoms. The maximum atomic E-state index is 12.1. The smallest absolute Gasteiger partial charge is 0.256 e. The lowest BCUT2D eigenvalue weighted by atomic mass is 10.2. The number of rotatable bonds is 6. The van der Waals surface area contributed by atoms with E-state index in [1.807, 2.05) is 18.2 Å². The van der Waals surface area contributed by atoms with Gasteiger partial charge in [-0.25, -0.2) is 4.98 Å². The van der Waals surface area contributed by atoms with E-state index >= 15 is 0 Å². The molecule has 0 aliphatic heterocycles. The maximum absolute atomic E-state index is 12.1. The number of pyridine rings is 1. The molecule has 0 aliphatic carbocycles. The highest BCUT2D eigenvalue weighted by atomic mass is 79.9. The molecule has 0 saturated carbocycles. The summed E-state index contributed by atoms with van der Waals surface area (Å²) in [5.41, 5.74) is 1.20. The number of benzene rings is 1. The summed E-state index contributed by atoms with van der Waals surface area (Å²) in [6.07, 6.45) is 2.26. The minimum absolute atomic E-state index is 0.146. The third-order valence-corrected chi connectivity index (χ3v) is 3.47. The highest BCUT2D eigenvalue weighted by Crippen LogP contribution is 2.18. The third-order valence-electron chi connectivity index (χ3n) is 2.78. The number of anilines is 2. The topological polar surface area (TPSA) is 74.2 Å². The first-order chi connectivity index (χ1) is 10.2. The van der Waals surface area contributed by atoms with E-state index in [-0.39, 0.29) is 12.5 Å². The molecule has 0 fully saturated rings. The number of amides is 1. The second-order valence-electron chi connectivity index (χ2n) is 4.37. The van der Waals surface area contributed by atoms with Crippen LogP contribution in [0.25, 0.3) is 0 Å².